The van der Waals surface area contributed by atoms with Gasteiger partial charge in [0.25, 0.3) is 0 Å². The Bertz CT molecular complexity index is 627. The molecular formula is C15H18F3N3. The Labute approximate surface area is 121 Å². The number of aryl methyl sites for hydroxylation is 2. The third kappa shape index (κ3) is 3.26. The molecule has 0 amide bonds. The third-order valence-electron chi connectivity index (χ3n) is 3.67. The number of nitrogens with two attached hydrogens (primary N) is 1. The Hall–Kier alpha value is -1.82. The molecule has 1 aromatic carbocycles. The molecule has 1 aromatic heterocycles. The lowest BCUT2D eigenvalue weighted by molar-refractivity contribution is -0.137. The van der Waals surface area contributed by atoms with E-state index >= 15 is 0 Å². The highest BCUT2D eigenvalue weighted by Crippen LogP contribution is 2.30. The highest BCUT2D eigenvalue weighted by Gasteiger charge is 2.30. The number of halogens is 3. The molecule has 0 radical (unpaired) electrons. The Kier molecular flexibility index (Phi) is 4.09. The number of hydrogen-bond acceptors (Lipinski definition) is 2. The molecular weight excluding hydrogens is 279 g/mol. The van der Waals surface area contributed by atoms with Crippen molar-refractivity contribution >= 4 is 0 Å². The Morgan fingerprint density at radius 3 is 2.19 bits per heavy atom. The zero-order valence-electron chi connectivity index (χ0n) is 12.2. The SMILES string of the molecule is Cc1nn(C)c(C)c1C(N)Cc1ccc(C(F)(F)F)cc1. The zero-order chi connectivity index (χ0) is 15.8. The molecule has 0 saturated carbocycles. The third-order valence-corrected chi connectivity index (χ3v) is 3.67. The van der Waals surface area contributed by atoms with Gasteiger partial charge in [-0.15, -0.1) is 0 Å². The van der Waals surface area contributed by atoms with Gasteiger partial charge < -0.3 is 5.73 Å². The van der Waals surface area contributed by atoms with Gasteiger partial charge in [0, 0.05) is 24.3 Å². The van der Waals surface area contributed by atoms with E-state index in [9.17, 15) is 13.2 Å². The molecule has 2 aromatic rings. The van der Waals surface area contributed by atoms with Crippen LogP contribution in [0, 0.1) is 13.8 Å². The van der Waals surface area contributed by atoms with Gasteiger partial charge in [-0.25, -0.2) is 0 Å². The van der Waals surface area contributed by atoms with E-state index in [1.807, 2.05) is 20.9 Å². The van der Waals surface area contributed by atoms with E-state index < -0.39 is 11.7 Å². The van der Waals surface area contributed by atoms with Gasteiger partial charge >= 0.3 is 6.18 Å². The average Bonchev–Trinajstić information content (AvgIpc) is 2.62. The van der Waals surface area contributed by atoms with Crippen molar-refractivity contribution in [2.75, 3.05) is 0 Å². The summed E-state index contributed by atoms with van der Waals surface area (Å²) in [5.74, 6) is 0. The van der Waals surface area contributed by atoms with Crippen LogP contribution in [0.15, 0.2) is 24.3 Å². The van der Waals surface area contributed by atoms with E-state index in [0.717, 1.165) is 34.6 Å². The summed E-state index contributed by atoms with van der Waals surface area (Å²) in [6.07, 6.45) is -3.83. The van der Waals surface area contributed by atoms with E-state index in [1.54, 1.807) is 4.68 Å². The van der Waals surface area contributed by atoms with Crippen molar-refractivity contribution in [3.63, 3.8) is 0 Å². The number of benzene rings is 1. The summed E-state index contributed by atoms with van der Waals surface area (Å²) in [4.78, 5) is 0. The van der Waals surface area contributed by atoms with Gasteiger partial charge in [0.15, 0.2) is 0 Å². The number of nitrogens with zero attached hydrogens (tertiary/aromatic N) is 2. The standard InChI is InChI=1S/C15H18F3N3/c1-9-14(10(2)21(3)20-9)13(19)8-11-4-6-12(7-5-11)15(16,17)18/h4-7,13H,8,19H2,1-3H3. The lowest BCUT2D eigenvalue weighted by Gasteiger charge is -2.13. The second-order valence-corrected chi connectivity index (χ2v) is 5.21. The second kappa shape index (κ2) is 5.52. The highest BCUT2D eigenvalue weighted by atomic mass is 19.4. The maximum Gasteiger partial charge on any atom is 0.416 e. The summed E-state index contributed by atoms with van der Waals surface area (Å²) >= 11 is 0. The molecule has 1 atom stereocenters. The van der Waals surface area contributed by atoms with Gasteiger partial charge in [0.05, 0.1) is 11.3 Å². The first-order valence-electron chi connectivity index (χ1n) is 6.62. The van der Waals surface area contributed by atoms with Crippen molar-refractivity contribution in [3.8, 4) is 0 Å². The van der Waals surface area contributed by atoms with E-state index in [-0.39, 0.29) is 6.04 Å². The van der Waals surface area contributed by atoms with Crippen LogP contribution >= 0.6 is 0 Å². The maximum absolute atomic E-state index is 12.5. The normalized spacial score (nSPS) is 13.5. The quantitative estimate of drug-likeness (QED) is 0.944. The van der Waals surface area contributed by atoms with Crippen LogP contribution < -0.4 is 5.73 Å². The van der Waals surface area contributed by atoms with E-state index in [4.69, 9.17) is 5.73 Å². The average molecular weight is 297 g/mol. The second-order valence-electron chi connectivity index (χ2n) is 5.21. The molecule has 0 bridgehead atoms. The van der Waals surface area contributed by atoms with Crippen LogP contribution in [0.1, 0.15) is 34.1 Å². The van der Waals surface area contributed by atoms with Crippen molar-refractivity contribution < 1.29 is 13.2 Å². The summed E-state index contributed by atoms with van der Waals surface area (Å²) in [6.45, 7) is 3.82. The number of aromatic nitrogens is 2. The summed E-state index contributed by atoms with van der Waals surface area (Å²) in [5.41, 5.74) is 9.11. The first-order valence-corrected chi connectivity index (χ1v) is 6.62. The minimum Gasteiger partial charge on any atom is -0.324 e. The van der Waals surface area contributed by atoms with Gasteiger partial charge in [-0.1, -0.05) is 12.1 Å². The molecule has 114 valence electrons. The minimum atomic E-state index is -4.31. The van der Waals surface area contributed by atoms with Gasteiger partial charge in [0.2, 0.25) is 0 Å². The Balaban J connectivity index is 2.18. The van der Waals surface area contributed by atoms with Crippen molar-refractivity contribution in [1.29, 1.82) is 0 Å². The van der Waals surface area contributed by atoms with Crippen LogP contribution in [0.3, 0.4) is 0 Å². The van der Waals surface area contributed by atoms with Gasteiger partial charge in [-0.2, -0.15) is 18.3 Å². The van der Waals surface area contributed by atoms with E-state index in [2.05, 4.69) is 5.10 Å². The van der Waals surface area contributed by atoms with Crippen molar-refractivity contribution in [1.82, 2.24) is 9.78 Å². The smallest absolute Gasteiger partial charge is 0.324 e. The van der Waals surface area contributed by atoms with Crippen molar-refractivity contribution in [2.24, 2.45) is 12.8 Å². The molecule has 2 rings (SSSR count). The molecule has 0 spiro atoms. The number of alkyl halides is 3. The molecule has 0 aliphatic carbocycles. The number of hydrogen-bond donors (Lipinski definition) is 1. The van der Waals surface area contributed by atoms with Gasteiger partial charge in [0.1, 0.15) is 0 Å². The van der Waals surface area contributed by atoms with Crippen LogP contribution in [-0.4, -0.2) is 9.78 Å². The molecule has 1 unspecified atom stereocenters. The molecule has 1 heterocycles. The first kappa shape index (κ1) is 15.6. The van der Waals surface area contributed by atoms with Crippen LogP contribution in [0.25, 0.3) is 0 Å². The predicted molar refractivity (Wildman–Crippen MR) is 74.8 cm³/mol. The van der Waals surface area contributed by atoms with Crippen LogP contribution in [0.4, 0.5) is 13.2 Å². The molecule has 3 nitrogen and oxygen atoms in total. The summed E-state index contributed by atoms with van der Waals surface area (Å²) in [6, 6.07) is 4.85. The summed E-state index contributed by atoms with van der Waals surface area (Å²) < 4.78 is 39.3. The first-order chi connectivity index (χ1) is 9.70. The Morgan fingerprint density at radius 2 is 1.76 bits per heavy atom. The van der Waals surface area contributed by atoms with Crippen molar-refractivity contribution in [2.45, 2.75) is 32.5 Å². The minimum absolute atomic E-state index is 0.282. The molecule has 0 aliphatic rings. The van der Waals surface area contributed by atoms with Gasteiger partial charge in [-0.3, -0.25) is 4.68 Å². The molecule has 21 heavy (non-hydrogen) atoms. The topological polar surface area (TPSA) is 43.8 Å². The monoisotopic (exact) mass is 297 g/mol. The molecule has 2 N–H and O–H groups in total. The fourth-order valence-corrected chi connectivity index (χ4v) is 2.51. The fourth-order valence-electron chi connectivity index (χ4n) is 2.51. The zero-order valence-corrected chi connectivity index (χ0v) is 12.2. The lowest BCUT2D eigenvalue weighted by atomic mass is 9.97. The predicted octanol–water partition coefficient (Wildman–Crippen LogP) is 3.30. The largest absolute Gasteiger partial charge is 0.416 e. The maximum atomic E-state index is 12.5. The Morgan fingerprint density at radius 1 is 1.19 bits per heavy atom. The van der Waals surface area contributed by atoms with Crippen LogP contribution in [0.2, 0.25) is 0 Å². The van der Waals surface area contributed by atoms with Crippen LogP contribution in [0.5, 0.6) is 0 Å². The summed E-state index contributed by atoms with van der Waals surface area (Å²) in [5, 5.41) is 4.31. The highest BCUT2D eigenvalue weighted by molar-refractivity contribution is 5.31. The van der Waals surface area contributed by atoms with Crippen molar-refractivity contribution in [3.05, 3.63) is 52.3 Å². The molecule has 6 heteroatoms. The lowest BCUT2D eigenvalue weighted by Crippen LogP contribution is -2.15. The summed E-state index contributed by atoms with van der Waals surface area (Å²) in [7, 11) is 1.84. The van der Waals surface area contributed by atoms with E-state index in [0.29, 0.717) is 6.42 Å². The van der Waals surface area contributed by atoms with E-state index in [1.165, 1.54) is 12.1 Å². The number of rotatable bonds is 3. The molecule has 0 saturated heterocycles. The van der Waals surface area contributed by atoms with Gasteiger partial charge in [-0.05, 0) is 38.0 Å². The van der Waals surface area contributed by atoms with Crippen LogP contribution in [-0.2, 0) is 19.6 Å². The molecule has 0 fully saturated rings. The molecule has 0 aliphatic heterocycles. The fraction of sp³-hybridized carbons (Fsp3) is 0.400.